The van der Waals surface area contributed by atoms with Gasteiger partial charge in [-0.2, -0.15) is 0 Å². The zero-order chi connectivity index (χ0) is 13.2. The molecule has 98 valence electrons. The number of hydrogen-bond acceptors (Lipinski definition) is 3. The first-order valence-corrected chi connectivity index (χ1v) is 7.55. The third kappa shape index (κ3) is 2.54. The van der Waals surface area contributed by atoms with Crippen LogP contribution in [-0.4, -0.2) is 11.5 Å². The van der Waals surface area contributed by atoms with Gasteiger partial charge in [0.25, 0.3) is 0 Å². The van der Waals surface area contributed by atoms with Gasteiger partial charge in [0, 0.05) is 22.5 Å². The molecule has 0 amide bonds. The average molecular weight is 365 g/mol. The van der Waals surface area contributed by atoms with Crippen LogP contribution in [0.15, 0.2) is 42.7 Å². The molecular formula is C15H16IN3. The van der Waals surface area contributed by atoms with Gasteiger partial charge in [-0.15, -0.1) is 0 Å². The quantitative estimate of drug-likeness (QED) is 0.653. The van der Waals surface area contributed by atoms with Gasteiger partial charge in [-0.25, -0.2) is 0 Å². The first-order valence-electron chi connectivity index (χ1n) is 6.47. The van der Waals surface area contributed by atoms with Crippen LogP contribution in [0.1, 0.15) is 24.4 Å². The summed E-state index contributed by atoms with van der Waals surface area (Å²) in [5.41, 5.74) is 9.46. The lowest BCUT2D eigenvalue weighted by Gasteiger charge is -2.28. The van der Waals surface area contributed by atoms with Crippen molar-refractivity contribution in [3.05, 3.63) is 51.9 Å². The smallest absolute Gasteiger partial charge is 0.0605 e. The van der Waals surface area contributed by atoms with Gasteiger partial charge >= 0.3 is 0 Å². The topological polar surface area (TPSA) is 42.1 Å². The summed E-state index contributed by atoms with van der Waals surface area (Å²) in [4.78, 5) is 6.64. The van der Waals surface area contributed by atoms with Gasteiger partial charge in [0.05, 0.1) is 17.4 Å². The molecule has 2 heterocycles. The molecule has 0 bridgehead atoms. The SMILES string of the molecule is Nc1cc(I)ccc1N1CCCC1c1cccnc1. The third-order valence-corrected chi connectivity index (χ3v) is 4.29. The van der Waals surface area contributed by atoms with Crippen LogP contribution in [-0.2, 0) is 0 Å². The predicted octanol–water partition coefficient (Wildman–Crippen LogP) is 3.61. The molecular weight excluding hydrogens is 349 g/mol. The number of nitrogens with two attached hydrogens (primary N) is 1. The Labute approximate surface area is 127 Å². The van der Waals surface area contributed by atoms with Crippen molar-refractivity contribution in [2.24, 2.45) is 0 Å². The Morgan fingerprint density at radius 1 is 1.32 bits per heavy atom. The van der Waals surface area contributed by atoms with Crippen LogP contribution in [0.25, 0.3) is 0 Å². The Morgan fingerprint density at radius 3 is 2.95 bits per heavy atom. The maximum Gasteiger partial charge on any atom is 0.0605 e. The molecule has 1 aromatic carbocycles. The molecule has 1 fully saturated rings. The van der Waals surface area contributed by atoms with Crippen LogP contribution in [0.4, 0.5) is 11.4 Å². The Kier molecular flexibility index (Phi) is 3.59. The van der Waals surface area contributed by atoms with Crippen molar-refractivity contribution in [1.29, 1.82) is 0 Å². The molecule has 19 heavy (non-hydrogen) atoms. The highest BCUT2D eigenvalue weighted by Crippen LogP contribution is 2.38. The second-order valence-electron chi connectivity index (χ2n) is 4.84. The van der Waals surface area contributed by atoms with Crippen LogP contribution in [0.3, 0.4) is 0 Å². The van der Waals surface area contributed by atoms with E-state index in [2.05, 4.69) is 50.7 Å². The van der Waals surface area contributed by atoms with Crippen molar-refractivity contribution in [1.82, 2.24) is 4.98 Å². The monoisotopic (exact) mass is 365 g/mol. The Bertz CT molecular complexity index is 571. The lowest BCUT2D eigenvalue weighted by Crippen LogP contribution is -2.23. The minimum atomic E-state index is 0.399. The van der Waals surface area contributed by atoms with E-state index in [4.69, 9.17) is 5.73 Å². The van der Waals surface area contributed by atoms with Gasteiger partial charge in [-0.1, -0.05) is 6.07 Å². The lowest BCUT2D eigenvalue weighted by molar-refractivity contribution is 0.716. The second-order valence-corrected chi connectivity index (χ2v) is 6.09. The molecule has 1 aliphatic rings. The third-order valence-electron chi connectivity index (χ3n) is 3.62. The van der Waals surface area contributed by atoms with E-state index in [9.17, 15) is 0 Å². The first kappa shape index (κ1) is 12.7. The van der Waals surface area contributed by atoms with E-state index in [1.807, 2.05) is 24.5 Å². The summed E-state index contributed by atoms with van der Waals surface area (Å²) in [5, 5.41) is 0. The fourth-order valence-corrected chi connectivity index (χ4v) is 3.28. The van der Waals surface area contributed by atoms with E-state index in [1.165, 1.54) is 15.6 Å². The van der Waals surface area contributed by atoms with E-state index in [0.29, 0.717) is 6.04 Å². The van der Waals surface area contributed by atoms with Crippen LogP contribution in [0.5, 0.6) is 0 Å². The van der Waals surface area contributed by atoms with E-state index in [-0.39, 0.29) is 0 Å². The second kappa shape index (κ2) is 5.36. The molecule has 0 radical (unpaired) electrons. The van der Waals surface area contributed by atoms with Crippen molar-refractivity contribution >= 4 is 34.0 Å². The number of halogens is 1. The first-order chi connectivity index (χ1) is 9.25. The number of hydrogen-bond donors (Lipinski definition) is 1. The molecule has 2 N–H and O–H groups in total. The van der Waals surface area contributed by atoms with Crippen molar-refractivity contribution in [3.8, 4) is 0 Å². The minimum absolute atomic E-state index is 0.399. The molecule has 4 heteroatoms. The molecule has 1 atom stereocenters. The molecule has 2 aromatic rings. The molecule has 0 spiro atoms. The summed E-state index contributed by atoms with van der Waals surface area (Å²) in [6, 6.07) is 10.8. The molecule has 1 aromatic heterocycles. The van der Waals surface area contributed by atoms with E-state index in [0.717, 1.165) is 24.3 Å². The summed E-state index contributed by atoms with van der Waals surface area (Å²) in [6.45, 7) is 1.06. The van der Waals surface area contributed by atoms with E-state index >= 15 is 0 Å². The van der Waals surface area contributed by atoms with Gasteiger partial charge in [-0.05, 0) is 65.3 Å². The van der Waals surface area contributed by atoms with Gasteiger partial charge in [0.15, 0.2) is 0 Å². The number of benzene rings is 1. The molecule has 1 saturated heterocycles. The van der Waals surface area contributed by atoms with Crippen LogP contribution in [0.2, 0.25) is 0 Å². The zero-order valence-corrected chi connectivity index (χ0v) is 12.7. The standard InChI is InChI=1S/C15H16IN3/c16-12-5-6-15(13(17)9-12)19-8-2-4-14(19)11-3-1-7-18-10-11/h1,3,5-7,9-10,14H,2,4,8,17H2. The fraction of sp³-hybridized carbons (Fsp3) is 0.267. The fourth-order valence-electron chi connectivity index (χ4n) is 2.76. The number of rotatable bonds is 2. The summed E-state index contributed by atoms with van der Waals surface area (Å²) >= 11 is 2.29. The van der Waals surface area contributed by atoms with Crippen LogP contribution in [0, 0.1) is 3.57 Å². The number of anilines is 2. The van der Waals surface area contributed by atoms with E-state index < -0.39 is 0 Å². The zero-order valence-electron chi connectivity index (χ0n) is 10.6. The van der Waals surface area contributed by atoms with Crippen molar-refractivity contribution in [3.63, 3.8) is 0 Å². The number of pyridine rings is 1. The summed E-state index contributed by atoms with van der Waals surface area (Å²) in [7, 11) is 0. The van der Waals surface area contributed by atoms with Gasteiger partial charge < -0.3 is 10.6 Å². The maximum atomic E-state index is 6.18. The predicted molar refractivity (Wildman–Crippen MR) is 87.1 cm³/mol. The lowest BCUT2D eigenvalue weighted by atomic mass is 10.1. The molecule has 3 rings (SSSR count). The molecule has 0 aliphatic carbocycles. The highest BCUT2D eigenvalue weighted by atomic mass is 127. The average Bonchev–Trinajstić information content (AvgIpc) is 2.89. The van der Waals surface area contributed by atoms with Crippen molar-refractivity contribution < 1.29 is 0 Å². The van der Waals surface area contributed by atoms with Crippen molar-refractivity contribution in [2.75, 3.05) is 17.2 Å². The van der Waals surface area contributed by atoms with Crippen LogP contribution >= 0.6 is 22.6 Å². The number of aromatic nitrogens is 1. The van der Waals surface area contributed by atoms with Crippen LogP contribution < -0.4 is 10.6 Å². The molecule has 0 saturated carbocycles. The largest absolute Gasteiger partial charge is 0.397 e. The Hall–Kier alpha value is -1.30. The summed E-state index contributed by atoms with van der Waals surface area (Å²) < 4.78 is 1.18. The summed E-state index contributed by atoms with van der Waals surface area (Å²) in [6.07, 6.45) is 6.15. The highest BCUT2D eigenvalue weighted by Gasteiger charge is 2.27. The van der Waals surface area contributed by atoms with Gasteiger partial charge in [-0.3, -0.25) is 4.98 Å². The Morgan fingerprint density at radius 2 is 2.21 bits per heavy atom. The number of nitrogen functional groups attached to an aromatic ring is 1. The van der Waals surface area contributed by atoms with E-state index in [1.54, 1.807) is 0 Å². The molecule has 3 nitrogen and oxygen atoms in total. The summed E-state index contributed by atoms with van der Waals surface area (Å²) in [5.74, 6) is 0. The van der Waals surface area contributed by atoms with Gasteiger partial charge in [0.2, 0.25) is 0 Å². The molecule has 1 unspecified atom stereocenters. The normalized spacial score (nSPS) is 18.8. The minimum Gasteiger partial charge on any atom is -0.397 e. The van der Waals surface area contributed by atoms with Crippen molar-refractivity contribution in [2.45, 2.75) is 18.9 Å². The highest BCUT2D eigenvalue weighted by molar-refractivity contribution is 14.1. The maximum absolute atomic E-state index is 6.18. The van der Waals surface area contributed by atoms with Gasteiger partial charge in [0.1, 0.15) is 0 Å². The number of nitrogens with zero attached hydrogens (tertiary/aromatic N) is 2. The Balaban J connectivity index is 1.95. The molecule has 1 aliphatic heterocycles.